The van der Waals surface area contributed by atoms with Crippen molar-refractivity contribution >= 4 is 17.6 Å². The van der Waals surface area contributed by atoms with Crippen molar-refractivity contribution in [2.24, 2.45) is 10.9 Å². The van der Waals surface area contributed by atoms with Gasteiger partial charge in [0, 0.05) is 12.8 Å². The number of ether oxygens (including phenoxy) is 1. The predicted octanol–water partition coefficient (Wildman–Crippen LogP) is 4.09. The molecule has 1 aromatic rings. The maximum atomic E-state index is 12.4. The third kappa shape index (κ3) is 7.19. The van der Waals surface area contributed by atoms with Gasteiger partial charge in [-0.1, -0.05) is 26.0 Å². The lowest BCUT2D eigenvalue weighted by atomic mass is 9.98. The van der Waals surface area contributed by atoms with Crippen molar-refractivity contribution in [3.05, 3.63) is 35.4 Å². The van der Waals surface area contributed by atoms with Gasteiger partial charge >= 0.3 is 6.09 Å². The Labute approximate surface area is 143 Å². The first-order valence-electron chi connectivity index (χ1n) is 7.93. The number of Topliss-reactive ketones (excluding diaryl/α,β-unsaturated/α-hetero) is 1. The van der Waals surface area contributed by atoms with Crippen LogP contribution >= 0.6 is 0 Å². The number of aliphatic imine (C=N–C) groups is 1. The van der Waals surface area contributed by atoms with E-state index in [1.165, 1.54) is 0 Å². The second-order valence-electron chi connectivity index (χ2n) is 7.05. The number of benzene rings is 1. The summed E-state index contributed by atoms with van der Waals surface area (Å²) in [5.41, 5.74) is 0.871. The smallest absolute Gasteiger partial charge is 0.434 e. The topological polar surface area (TPSA) is 79.5 Å². The quantitative estimate of drug-likeness (QED) is 0.762. The van der Waals surface area contributed by atoms with Crippen LogP contribution in [0.2, 0.25) is 0 Å². The van der Waals surface area contributed by atoms with Crippen LogP contribution in [0.25, 0.3) is 0 Å². The molecule has 0 radical (unpaired) electrons. The van der Waals surface area contributed by atoms with Crippen LogP contribution in [0.1, 0.15) is 52.2 Å². The number of ketones is 1. The van der Waals surface area contributed by atoms with Crippen molar-refractivity contribution in [3.8, 4) is 6.07 Å². The fourth-order valence-electron chi connectivity index (χ4n) is 1.97. The maximum Gasteiger partial charge on any atom is 0.434 e. The van der Waals surface area contributed by atoms with Gasteiger partial charge in [0.15, 0.2) is 5.78 Å². The molecule has 5 nitrogen and oxygen atoms in total. The van der Waals surface area contributed by atoms with E-state index < -0.39 is 11.7 Å². The van der Waals surface area contributed by atoms with Crippen molar-refractivity contribution in [3.63, 3.8) is 0 Å². The Morgan fingerprint density at radius 2 is 1.79 bits per heavy atom. The minimum absolute atomic E-state index is 0.166. The first-order valence-corrected chi connectivity index (χ1v) is 7.93. The lowest BCUT2D eigenvalue weighted by Crippen LogP contribution is -2.25. The molecule has 0 N–H and O–H groups in total. The lowest BCUT2D eigenvalue weighted by Gasteiger charge is -2.18. The molecule has 1 rings (SSSR count). The number of carbonyl (C=O) groups excluding carboxylic acids is 2. The monoisotopic (exact) mass is 328 g/mol. The van der Waals surface area contributed by atoms with Crippen LogP contribution in [0.5, 0.6) is 0 Å². The van der Waals surface area contributed by atoms with Gasteiger partial charge in [-0.05, 0) is 44.4 Å². The molecule has 0 unspecified atom stereocenters. The highest BCUT2D eigenvalue weighted by molar-refractivity contribution is 6.41. The van der Waals surface area contributed by atoms with Crippen LogP contribution < -0.4 is 0 Å². The number of rotatable bonds is 5. The Bertz CT molecular complexity index is 659. The Kier molecular flexibility index (Phi) is 6.84. The standard InChI is InChI=1S/C19H24N2O3/c1-13(2)10-17(22)16(21-18(23)24-19(3,4)5)11-14-6-8-15(12-20)9-7-14/h6-9,13H,10-11H2,1-5H3/b21-16-. The molecule has 24 heavy (non-hydrogen) atoms. The first kappa shape index (κ1) is 19.6. The zero-order valence-electron chi connectivity index (χ0n) is 14.9. The molecule has 0 aliphatic rings. The highest BCUT2D eigenvalue weighted by atomic mass is 16.6. The molecule has 0 saturated carbocycles. The van der Waals surface area contributed by atoms with E-state index in [4.69, 9.17) is 10.00 Å². The number of carbonyl (C=O) groups is 2. The van der Waals surface area contributed by atoms with Crippen LogP contribution in [-0.4, -0.2) is 23.2 Å². The van der Waals surface area contributed by atoms with Crippen molar-refractivity contribution in [1.82, 2.24) is 0 Å². The summed E-state index contributed by atoms with van der Waals surface area (Å²) in [5.74, 6) is 0.00233. The minimum atomic E-state index is -0.761. The molecule has 0 aromatic heterocycles. The summed E-state index contributed by atoms with van der Waals surface area (Å²) in [7, 11) is 0. The summed E-state index contributed by atoms with van der Waals surface area (Å²) in [6, 6.07) is 8.90. The Morgan fingerprint density at radius 1 is 1.21 bits per heavy atom. The van der Waals surface area contributed by atoms with Gasteiger partial charge in [-0.2, -0.15) is 10.3 Å². The van der Waals surface area contributed by atoms with Crippen LogP contribution in [-0.2, 0) is 16.0 Å². The van der Waals surface area contributed by atoms with Crippen LogP contribution in [0.15, 0.2) is 29.3 Å². The molecule has 1 aromatic carbocycles. The first-order chi connectivity index (χ1) is 11.1. The zero-order chi connectivity index (χ0) is 18.3. The summed E-state index contributed by atoms with van der Waals surface area (Å²) < 4.78 is 5.18. The molecule has 0 heterocycles. The average molecular weight is 328 g/mol. The predicted molar refractivity (Wildman–Crippen MR) is 93.0 cm³/mol. The fraction of sp³-hybridized carbons (Fsp3) is 0.474. The molecule has 0 fully saturated rings. The largest absolute Gasteiger partial charge is 0.442 e. The summed E-state index contributed by atoms with van der Waals surface area (Å²) in [6.07, 6.45) is -0.211. The molecule has 0 aliphatic carbocycles. The van der Waals surface area contributed by atoms with Gasteiger partial charge in [-0.3, -0.25) is 4.79 Å². The summed E-state index contributed by atoms with van der Waals surface area (Å²) in [5, 5.41) is 8.84. The molecule has 128 valence electrons. The van der Waals surface area contributed by atoms with Gasteiger partial charge in [0.1, 0.15) is 5.60 Å². The molecule has 0 saturated heterocycles. The van der Waals surface area contributed by atoms with Gasteiger partial charge in [0.05, 0.1) is 17.3 Å². The van der Waals surface area contributed by atoms with Crippen molar-refractivity contribution in [2.75, 3.05) is 0 Å². The average Bonchev–Trinajstić information content (AvgIpc) is 2.44. The molecule has 0 aliphatic heterocycles. The molecule has 1 amide bonds. The molecule has 5 heteroatoms. The maximum absolute atomic E-state index is 12.4. The Hall–Kier alpha value is -2.48. The zero-order valence-corrected chi connectivity index (χ0v) is 14.9. The molecule has 0 spiro atoms. The fourth-order valence-corrected chi connectivity index (χ4v) is 1.97. The number of hydrogen-bond donors (Lipinski definition) is 0. The summed E-state index contributed by atoms with van der Waals surface area (Å²) >= 11 is 0. The highest BCUT2D eigenvalue weighted by Crippen LogP contribution is 2.12. The summed E-state index contributed by atoms with van der Waals surface area (Å²) in [4.78, 5) is 28.2. The van der Waals surface area contributed by atoms with E-state index in [1.807, 2.05) is 19.9 Å². The Balaban J connectivity index is 3.02. The van der Waals surface area contributed by atoms with E-state index in [-0.39, 0.29) is 23.8 Å². The number of nitriles is 1. The third-order valence-corrected chi connectivity index (χ3v) is 2.99. The molecule has 0 atom stereocenters. The van der Waals surface area contributed by atoms with Crippen LogP contribution in [0, 0.1) is 17.2 Å². The van der Waals surface area contributed by atoms with Gasteiger partial charge in [0.25, 0.3) is 0 Å². The number of amides is 1. The van der Waals surface area contributed by atoms with E-state index >= 15 is 0 Å². The number of nitrogens with zero attached hydrogens (tertiary/aromatic N) is 2. The minimum Gasteiger partial charge on any atom is -0.442 e. The molecular weight excluding hydrogens is 304 g/mol. The van der Waals surface area contributed by atoms with E-state index in [0.717, 1.165) is 5.56 Å². The van der Waals surface area contributed by atoms with Gasteiger partial charge in [0.2, 0.25) is 0 Å². The second kappa shape index (κ2) is 8.39. The highest BCUT2D eigenvalue weighted by Gasteiger charge is 2.20. The van der Waals surface area contributed by atoms with Crippen molar-refractivity contribution in [2.45, 2.75) is 53.1 Å². The normalized spacial score (nSPS) is 12.0. The van der Waals surface area contributed by atoms with Gasteiger partial charge < -0.3 is 4.74 Å². The van der Waals surface area contributed by atoms with E-state index in [9.17, 15) is 9.59 Å². The molecular formula is C19H24N2O3. The van der Waals surface area contributed by atoms with E-state index in [1.54, 1.807) is 45.0 Å². The van der Waals surface area contributed by atoms with Crippen LogP contribution in [0.3, 0.4) is 0 Å². The van der Waals surface area contributed by atoms with Gasteiger partial charge in [-0.25, -0.2) is 4.79 Å². The van der Waals surface area contributed by atoms with Crippen molar-refractivity contribution < 1.29 is 14.3 Å². The molecule has 0 bridgehead atoms. The summed E-state index contributed by atoms with van der Waals surface area (Å²) in [6.45, 7) is 9.11. The van der Waals surface area contributed by atoms with Gasteiger partial charge in [-0.15, -0.1) is 0 Å². The van der Waals surface area contributed by atoms with Crippen LogP contribution in [0.4, 0.5) is 4.79 Å². The Morgan fingerprint density at radius 3 is 2.25 bits per heavy atom. The number of hydrogen-bond acceptors (Lipinski definition) is 4. The SMILES string of the molecule is CC(C)CC(=O)/C(Cc1ccc(C#N)cc1)=N\C(=O)OC(C)(C)C. The van der Waals surface area contributed by atoms with E-state index in [0.29, 0.717) is 12.0 Å². The second-order valence-corrected chi connectivity index (χ2v) is 7.05. The lowest BCUT2D eigenvalue weighted by molar-refractivity contribution is -0.113. The van der Waals surface area contributed by atoms with E-state index in [2.05, 4.69) is 4.99 Å². The van der Waals surface area contributed by atoms with Crippen molar-refractivity contribution in [1.29, 1.82) is 5.26 Å². The third-order valence-electron chi connectivity index (χ3n) is 2.99.